The third-order valence-corrected chi connectivity index (χ3v) is 3.91. The molecule has 1 unspecified atom stereocenters. The van der Waals surface area contributed by atoms with Crippen molar-refractivity contribution in [1.82, 2.24) is 4.98 Å². The second-order valence-corrected chi connectivity index (χ2v) is 5.83. The molecule has 3 nitrogen and oxygen atoms in total. The zero-order valence-corrected chi connectivity index (χ0v) is 11.7. The van der Waals surface area contributed by atoms with E-state index in [-0.39, 0.29) is 0 Å². The summed E-state index contributed by atoms with van der Waals surface area (Å²) in [6, 6.07) is 7.91. The van der Waals surface area contributed by atoms with Gasteiger partial charge in [0, 0.05) is 17.2 Å². The molecular weight excluding hydrogens is 258 g/mol. The van der Waals surface area contributed by atoms with E-state index in [4.69, 9.17) is 4.42 Å². The summed E-state index contributed by atoms with van der Waals surface area (Å²) in [5.41, 5.74) is 2.91. The van der Waals surface area contributed by atoms with Crippen molar-refractivity contribution in [1.29, 1.82) is 0 Å². The van der Waals surface area contributed by atoms with Gasteiger partial charge in [0.15, 0.2) is 0 Å². The van der Waals surface area contributed by atoms with Crippen LogP contribution in [0.5, 0.6) is 0 Å². The Bertz CT molecular complexity index is 714. The van der Waals surface area contributed by atoms with Gasteiger partial charge in [0.2, 0.25) is 0 Å². The van der Waals surface area contributed by atoms with Crippen molar-refractivity contribution in [2.24, 2.45) is 0 Å². The minimum Gasteiger partial charge on any atom is -0.458 e. The van der Waals surface area contributed by atoms with Crippen molar-refractivity contribution < 1.29 is 9.52 Å². The monoisotopic (exact) mass is 273 g/mol. The number of hydrogen-bond acceptors (Lipinski definition) is 4. The van der Waals surface area contributed by atoms with Crippen LogP contribution >= 0.6 is 11.3 Å². The zero-order valence-electron chi connectivity index (χ0n) is 10.9. The maximum Gasteiger partial charge on any atom is 0.134 e. The first-order valence-corrected chi connectivity index (χ1v) is 7.09. The smallest absolute Gasteiger partial charge is 0.134 e. The number of benzene rings is 1. The lowest BCUT2D eigenvalue weighted by molar-refractivity contribution is 0.151. The Balaban J connectivity index is 1.86. The topological polar surface area (TPSA) is 46.3 Å². The first kappa shape index (κ1) is 12.4. The Hall–Kier alpha value is -1.65. The van der Waals surface area contributed by atoms with Gasteiger partial charge in [0.25, 0.3) is 0 Å². The van der Waals surface area contributed by atoms with E-state index in [1.165, 1.54) is 5.56 Å². The standard InChI is InChI=1S/C15H15NO2S/c1-9-3-4-14-11(5-9)6-15(18-14)13(17)7-12-8-19-10(2)16-12/h3-6,8,13,17H,7H2,1-2H3. The lowest BCUT2D eigenvalue weighted by Crippen LogP contribution is -2.00. The van der Waals surface area contributed by atoms with Crippen LogP contribution in [0.2, 0.25) is 0 Å². The Morgan fingerprint density at radius 2 is 2.16 bits per heavy atom. The van der Waals surface area contributed by atoms with Gasteiger partial charge < -0.3 is 9.52 Å². The Kier molecular flexibility index (Phi) is 3.12. The number of thiazole rings is 1. The summed E-state index contributed by atoms with van der Waals surface area (Å²) in [4.78, 5) is 4.36. The molecule has 1 atom stereocenters. The van der Waals surface area contributed by atoms with Crippen molar-refractivity contribution in [2.75, 3.05) is 0 Å². The van der Waals surface area contributed by atoms with Crippen LogP contribution < -0.4 is 0 Å². The summed E-state index contributed by atoms with van der Waals surface area (Å²) in [7, 11) is 0. The lowest BCUT2D eigenvalue weighted by atomic mass is 10.1. The molecular formula is C15H15NO2S. The molecule has 1 N–H and O–H groups in total. The van der Waals surface area contributed by atoms with Crippen molar-refractivity contribution in [3.05, 3.63) is 51.7 Å². The van der Waals surface area contributed by atoms with Crippen molar-refractivity contribution in [3.63, 3.8) is 0 Å². The van der Waals surface area contributed by atoms with Gasteiger partial charge in [0.05, 0.1) is 10.7 Å². The number of aromatic nitrogens is 1. The molecule has 4 heteroatoms. The molecule has 19 heavy (non-hydrogen) atoms. The van der Waals surface area contributed by atoms with Gasteiger partial charge in [-0.3, -0.25) is 0 Å². The van der Waals surface area contributed by atoms with E-state index >= 15 is 0 Å². The second kappa shape index (κ2) is 4.79. The van der Waals surface area contributed by atoms with Gasteiger partial charge in [-0.25, -0.2) is 4.98 Å². The first-order chi connectivity index (χ1) is 9.11. The largest absolute Gasteiger partial charge is 0.458 e. The van der Waals surface area contributed by atoms with Crippen LogP contribution in [0.3, 0.4) is 0 Å². The van der Waals surface area contributed by atoms with E-state index in [2.05, 4.69) is 11.1 Å². The van der Waals surface area contributed by atoms with Gasteiger partial charge in [-0.2, -0.15) is 0 Å². The number of aliphatic hydroxyl groups is 1. The number of hydrogen-bond donors (Lipinski definition) is 1. The van der Waals surface area contributed by atoms with Crippen molar-refractivity contribution >= 4 is 22.3 Å². The van der Waals surface area contributed by atoms with E-state index in [0.717, 1.165) is 21.7 Å². The molecule has 0 amide bonds. The average molecular weight is 273 g/mol. The molecule has 0 bridgehead atoms. The molecule has 1 aromatic carbocycles. The Morgan fingerprint density at radius 1 is 1.32 bits per heavy atom. The first-order valence-electron chi connectivity index (χ1n) is 6.21. The average Bonchev–Trinajstić information content (AvgIpc) is 2.95. The third-order valence-electron chi connectivity index (χ3n) is 3.09. The second-order valence-electron chi connectivity index (χ2n) is 4.77. The molecule has 0 fully saturated rings. The summed E-state index contributed by atoms with van der Waals surface area (Å²) in [5, 5.41) is 14.2. The Labute approximate surface area is 115 Å². The van der Waals surface area contributed by atoms with Crippen LogP contribution in [0, 0.1) is 13.8 Å². The fourth-order valence-corrected chi connectivity index (χ4v) is 2.77. The summed E-state index contributed by atoms with van der Waals surface area (Å²) >= 11 is 1.60. The van der Waals surface area contributed by atoms with Crippen LogP contribution in [0.15, 0.2) is 34.1 Å². The SMILES string of the molecule is Cc1ccc2oc(C(O)Cc3csc(C)n3)cc2c1. The summed E-state index contributed by atoms with van der Waals surface area (Å²) in [5.74, 6) is 0.603. The molecule has 0 aliphatic carbocycles. The van der Waals surface area contributed by atoms with E-state index in [0.29, 0.717) is 12.2 Å². The van der Waals surface area contributed by atoms with E-state index in [1.807, 2.05) is 37.4 Å². The predicted molar refractivity (Wildman–Crippen MR) is 76.5 cm³/mol. The van der Waals surface area contributed by atoms with Gasteiger partial charge in [-0.05, 0) is 32.0 Å². The number of aryl methyl sites for hydroxylation is 2. The lowest BCUT2D eigenvalue weighted by Gasteiger charge is -2.04. The molecule has 0 saturated heterocycles. The number of aliphatic hydroxyl groups excluding tert-OH is 1. The highest BCUT2D eigenvalue weighted by Crippen LogP contribution is 2.27. The molecule has 3 aromatic rings. The van der Waals surface area contributed by atoms with Gasteiger partial charge in [-0.15, -0.1) is 11.3 Å². The van der Waals surface area contributed by atoms with E-state index in [9.17, 15) is 5.11 Å². The highest BCUT2D eigenvalue weighted by atomic mass is 32.1. The zero-order chi connectivity index (χ0) is 13.4. The molecule has 0 spiro atoms. The number of fused-ring (bicyclic) bond motifs is 1. The van der Waals surface area contributed by atoms with Gasteiger partial charge in [0.1, 0.15) is 17.4 Å². The molecule has 2 heterocycles. The summed E-state index contributed by atoms with van der Waals surface area (Å²) in [6.07, 6.45) is -0.155. The summed E-state index contributed by atoms with van der Waals surface area (Å²) < 4.78 is 5.69. The molecule has 0 saturated carbocycles. The quantitative estimate of drug-likeness (QED) is 0.790. The predicted octanol–water partition coefficient (Wildman–Crippen LogP) is 3.78. The maximum absolute atomic E-state index is 10.2. The van der Waals surface area contributed by atoms with Crippen LogP contribution in [0.25, 0.3) is 11.0 Å². The van der Waals surface area contributed by atoms with Crippen LogP contribution in [-0.4, -0.2) is 10.1 Å². The molecule has 0 radical (unpaired) electrons. The fourth-order valence-electron chi connectivity index (χ4n) is 2.15. The molecule has 0 aliphatic rings. The minimum atomic E-state index is -0.644. The molecule has 98 valence electrons. The van der Waals surface area contributed by atoms with Crippen LogP contribution in [0.1, 0.15) is 28.1 Å². The number of rotatable bonds is 3. The Morgan fingerprint density at radius 3 is 2.89 bits per heavy atom. The third kappa shape index (κ3) is 2.55. The highest BCUT2D eigenvalue weighted by Gasteiger charge is 2.15. The van der Waals surface area contributed by atoms with Crippen molar-refractivity contribution in [2.45, 2.75) is 26.4 Å². The number of furan rings is 1. The highest BCUT2D eigenvalue weighted by molar-refractivity contribution is 7.09. The van der Waals surface area contributed by atoms with Crippen LogP contribution in [-0.2, 0) is 6.42 Å². The fraction of sp³-hybridized carbons (Fsp3) is 0.267. The van der Waals surface area contributed by atoms with Crippen LogP contribution in [0.4, 0.5) is 0 Å². The maximum atomic E-state index is 10.2. The van der Waals surface area contributed by atoms with Gasteiger partial charge >= 0.3 is 0 Å². The molecule has 0 aliphatic heterocycles. The normalized spacial score (nSPS) is 13.0. The van der Waals surface area contributed by atoms with E-state index in [1.54, 1.807) is 11.3 Å². The molecule has 2 aromatic heterocycles. The minimum absolute atomic E-state index is 0.489. The summed E-state index contributed by atoms with van der Waals surface area (Å²) in [6.45, 7) is 4.01. The van der Waals surface area contributed by atoms with Gasteiger partial charge in [-0.1, -0.05) is 11.6 Å². The number of nitrogens with zero attached hydrogens (tertiary/aromatic N) is 1. The van der Waals surface area contributed by atoms with Crippen molar-refractivity contribution in [3.8, 4) is 0 Å². The van der Waals surface area contributed by atoms with E-state index < -0.39 is 6.10 Å². The molecule has 3 rings (SSSR count).